The van der Waals surface area contributed by atoms with Crippen LogP contribution in [0.5, 0.6) is 11.6 Å². The Kier molecular flexibility index (Phi) is 7.78. The third-order valence-corrected chi connectivity index (χ3v) is 7.24. The van der Waals surface area contributed by atoms with Gasteiger partial charge in [0.2, 0.25) is 5.82 Å². The second-order valence-electron chi connectivity index (χ2n) is 8.75. The number of hydrogen-bond acceptors (Lipinski definition) is 7. The molecule has 1 aromatic heterocycles. The van der Waals surface area contributed by atoms with Crippen LogP contribution >= 0.6 is 11.6 Å². The summed E-state index contributed by atoms with van der Waals surface area (Å²) in [5.41, 5.74) is 3.41. The first kappa shape index (κ1) is 25.2. The van der Waals surface area contributed by atoms with Crippen molar-refractivity contribution in [3.8, 4) is 11.6 Å². The van der Waals surface area contributed by atoms with Crippen LogP contribution in [0.4, 0.5) is 5.82 Å². The molecule has 1 heterocycles. The molecule has 0 aliphatic heterocycles. The molecule has 35 heavy (non-hydrogen) atoms. The van der Waals surface area contributed by atoms with Crippen LogP contribution in [0.3, 0.4) is 0 Å². The number of hydrogen-bond donors (Lipinski definition) is 1. The fourth-order valence-corrected chi connectivity index (χ4v) is 4.79. The lowest BCUT2D eigenvalue weighted by atomic mass is 10.2. The number of anilines is 1. The molecule has 0 bridgehead atoms. The predicted molar refractivity (Wildman–Crippen MR) is 136 cm³/mol. The van der Waals surface area contributed by atoms with Gasteiger partial charge in [-0.15, -0.1) is 0 Å². The van der Waals surface area contributed by atoms with Crippen LogP contribution in [-0.2, 0) is 29.5 Å². The maximum absolute atomic E-state index is 13.0. The van der Waals surface area contributed by atoms with E-state index in [4.69, 9.17) is 21.1 Å². The van der Waals surface area contributed by atoms with E-state index in [-0.39, 0.29) is 23.2 Å². The lowest BCUT2D eigenvalue weighted by Gasteiger charge is -2.15. The van der Waals surface area contributed by atoms with Gasteiger partial charge in [-0.05, 0) is 70.1 Å². The number of rotatable bonds is 10. The van der Waals surface area contributed by atoms with Gasteiger partial charge in [0, 0.05) is 6.54 Å². The van der Waals surface area contributed by atoms with Gasteiger partial charge in [-0.3, -0.25) is 4.72 Å². The summed E-state index contributed by atoms with van der Waals surface area (Å²) >= 11 is 6.28. The summed E-state index contributed by atoms with van der Waals surface area (Å²) in [6.45, 7) is 3.30. The van der Waals surface area contributed by atoms with E-state index in [1.807, 2.05) is 38.1 Å². The Bertz CT molecular complexity index is 1300. The third-order valence-electron chi connectivity index (χ3n) is 5.58. The summed E-state index contributed by atoms with van der Waals surface area (Å²) in [6, 6.07) is 12.0. The van der Waals surface area contributed by atoms with Crippen LogP contribution in [0.25, 0.3) is 0 Å². The molecule has 1 N–H and O–H groups in total. The number of ether oxygens (including phenoxy) is 2. The summed E-state index contributed by atoms with van der Waals surface area (Å²) < 4.78 is 40.4. The number of fused-ring (bicyclic) bond motifs is 1. The van der Waals surface area contributed by atoms with Crippen molar-refractivity contribution in [2.75, 3.05) is 32.0 Å². The zero-order chi connectivity index (χ0) is 25.0. The fraction of sp³-hybridized carbons (Fsp3) is 0.360. The van der Waals surface area contributed by atoms with Crippen LogP contribution in [0.2, 0.25) is 5.02 Å². The van der Waals surface area contributed by atoms with Gasteiger partial charge in [0.15, 0.2) is 0 Å². The highest BCUT2D eigenvalue weighted by Crippen LogP contribution is 2.30. The lowest BCUT2D eigenvalue weighted by molar-refractivity contribution is 0.259. The molecule has 10 heteroatoms. The van der Waals surface area contributed by atoms with Gasteiger partial charge >= 0.3 is 0 Å². The predicted octanol–water partition coefficient (Wildman–Crippen LogP) is 4.25. The van der Waals surface area contributed by atoms with E-state index in [1.165, 1.54) is 0 Å². The molecule has 1 aliphatic carbocycles. The number of nitrogens with one attached hydrogen (secondary N) is 1. The second kappa shape index (κ2) is 10.8. The van der Waals surface area contributed by atoms with E-state index < -0.39 is 10.0 Å². The molecule has 1 aliphatic rings. The number of benzene rings is 2. The summed E-state index contributed by atoms with van der Waals surface area (Å²) in [7, 11) is 0.0830. The summed E-state index contributed by atoms with van der Waals surface area (Å²) in [6.07, 6.45) is 2.47. The Morgan fingerprint density at radius 2 is 1.74 bits per heavy atom. The van der Waals surface area contributed by atoms with E-state index in [1.54, 1.807) is 30.3 Å². The Morgan fingerprint density at radius 1 is 1.03 bits per heavy atom. The van der Waals surface area contributed by atoms with Crippen molar-refractivity contribution in [2.45, 2.75) is 37.7 Å². The van der Waals surface area contributed by atoms with Crippen molar-refractivity contribution in [2.24, 2.45) is 0 Å². The molecule has 0 saturated carbocycles. The third kappa shape index (κ3) is 6.42. The highest BCUT2D eigenvalue weighted by atomic mass is 35.5. The summed E-state index contributed by atoms with van der Waals surface area (Å²) in [5.74, 6) is 0.795. The molecular weight excluding hydrogens is 488 g/mol. The SMILES string of the molecule is Cc1ccc(S(=O)(=O)Nc2nc3c(nc2OCc2ccc(Cl)c(OCCN(C)C)c2)CCC3)cc1. The van der Waals surface area contributed by atoms with E-state index in [2.05, 4.69) is 14.7 Å². The van der Waals surface area contributed by atoms with E-state index in [0.717, 1.165) is 48.3 Å². The van der Waals surface area contributed by atoms with Crippen LogP contribution in [0.15, 0.2) is 47.4 Å². The fourth-order valence-electron chi connectivity index (χ4n) is 3.62. The van der Waals surface area contributed by atoms with E-state index >= 15 is 0 Å². The van der Waals surface area contributed by atoms with Gasteiger partial charge in [0.1, 0.15) is 19.0 Å². The van der Waals surface area contributed by atoms with Crippen LogP contribution in [0, 0.1) is 6.92 Å². The van der Waals surface area contributed by atoms with Crippen molar-refractivity contribution in [3.63, 3.8) is 0 Å². The van der Waals surface area contributed by atoms with Gasteiger partial charge in [0.05, 0.1) is 21.3 Å². The first-order valence-electron chi connectivity index (χ1n) is 11.4. The van der Waals surface area contributed by atoms with Gasteiger partial charge < -0.3 is 14.4 Å². The maximum Gasteiger partial charge on any atom is 0.263 e. The monoisotopic (exact) mass is 516 g/mol. The maximum atomic E-state index is 13.0. The van der Waals surface area contributed by atoms with Gasteiger partial charge in [-0.2, -0.15) is 0 Å². The Hall–Kier alpha value is -2.88. The summed E-state index contributed by atoms with van der Waals surface area (Å²) in [4.78, 5) is 11.3. The molecule has 0 atom stereocenters. The largest absolute Gasteiger partial charge is 0.491 e. The molecule has 8 nitrogen and oxygen atoms in total. The first-order chi connectivity index (χ1) is 16.7. The van der Waals surface area contributed by atoms with Gasteiger partial charge in [-0.1, -0.05) is 35.4 Å². The molecule has 0 fully saturated rings. The minimum absolute atomic E-state index is 0.0858. The number of halogens is 1. The average molecular weight is 517 g/mol. The van der Waals surface area contributed by atoms with Crippen LogP contribution in [-0.4, -0.2) is 50.5 Å². The highest BCUT2D eigenvalue weighted by Gasteiger charge is 2.23. The number of aryl methyl sites for hydroxylation is 3. The Balaban J connectivity index is 1.55. The number of likely N-dealkylation sites (N-methyl/N-ethyl adjacent to an activating group) is 1. The van der Waals surface area contributed by atoms with E-state index in [0.29, 0.717) is 17.4 Å². The van der Waals surface area contributed by atoms with Crippen LogP contribution < -0.4 is 14.2 Å². The molecule has 4 rings (SSSR count). The minimum atomic E-state index is -3.86. The molecule has 0 radical (unpaired) electrons. The van der Waals surface area contributed by atoms with Crippen molar-refractivity contribution in [1.82, 2.24) is 14.9 Å². The molecule has 3 aromatic rings. The molecule has 0 unspecified atom stereocenters. The van der Waals surface area contributed by atoms with Gasteiger partial charge in [0.25, 0.3) is 15.9 Å². The second-order valence-corrected chi connectivity index (χ2v) is 10.8. The first-order valence-corrected chi connectivity index (χ1v) is 13.3. The van der Waals surface area contributed by atoms with Gasteiger partial charge in [-0.25, -0.2) is 18.4 Å². The van der Waals surface area contributed by atoms with Crippen LogP contribution in [0.1, 0.15) is 28.9 Å². The molecule has 0 saturated heterocycles. The minimum Gasteiger partial charge on any atom is -0.491 e. The number of sulfonamides is 1. The number of nitrogens with zero attached hydrogens (tertiary/aromatic N) is 3. The van der Waals surface area contributed by atoms with E-state index in [9.17, 15) is 8.42 Å². The zero-order valence-corrected chi connectivity index (χ0v) is 21.6. The lowest BCUT2D eigenvalue weighted by Crippen LogP contribution is -2.19. The van der Waals surface area contributed by atoms with Crippen molar-refractivity contribution in [1.29, 1.82) is 0 Å². The normalized spacial score (nSPS) is 13.1. The number of aromatic nitrogens is 2. The smallest absolute Gasteiger partial charge is 0.263 e. The molecule has 2 aromatic carbocycles. The van der Waals surface area contributed by atoms with Crippen molar-refractivity contribution < 1.29 is 17.9 Å². The quantitative estimate of drug-likeness (QED) is 0.430. The molecule has 186 valence electrons. The van der Waals surface area contributed by atoms with Crippen molar-refractivity contribution in [3.05, 3.63) is 70.0 Å². The average Bonchev–Trinajstić information content (AvgIpc) is 3.26. The Labute approximate surface area is 211 Å². The summed E-state index contributed by atoms with van der Waals surface area (Å²) in [5, 5.41) is 0.511. The Morgan fingerprint density at radius 3 is 2.46 bits per heavy atom. The topological polar surface area (TPSA) is 93.7 Å². The molecule has 0 spiro atoms. The molecule has 0 amide bonds. The standard InChI is InChI=1S/C25H29ClN4O4S/c1-17-7-10-19(11-8-17)35(31,32)29-24-25(28-22-6-4-5-21(22)27-24)34-16-18-9-12-20(26)23(15-18)33-14-13-30(2)3/h7-12,15H,4-6,13-14,16H2,1-3H3,(H,27,29). The molecular formula is C25H29ClN4O4S. The van der Waals surface area contributed by atoms with Crippen molar-refractivity contribution >= 4 is 27.4 Å². The highest BCUT2D eigenvalue weighted by molar-refractivity contribution is 7.92. The zero-order valence-electron chi connectivity index (χ0n) is 20.0.